The zero-order valence-electron chi connectivity index (χ0n) is 10.1. The average Bonchev–Trinajstić information content (AvgIpc) is 2.51. The second-order valence-electron chi connectivity index (χ2n) is 5.22. The lowest BCUT2D eigenvalue weighted by atomic mass is 9.76. The molecule has 0 unspecified atom stereocenters. The van der Waals surface area contributed by atoms with Crippen LogP contribution in [-0.4, -0.2) is 16.1 Å². The maximum absolute atomic E-state index is 4.88. The Hall–Kier alpha value is -0.830. The Morgan fingerprint density at radius 1 is 1.44 bits per heavy atom. The van der Waals surface area contributed by atoms with Crippen molar-refractivity contribution in [2.24, 2.45) is 0 Å². The SMILES string of the molecule is CCCc1cn2c(n1)C1(CCC1)NCCC2. The highest BCUT2D eigenvalue weighted by Gasteiger charge is 2.42. The molecule has 2 heterocycles. The van der Waals surface area contributed by atoms with Crippen LogP contribution in [-0.2, 0) is 18.5 Å². The second kappa shape index (κ2) is 3.88. The molecule has 0 radical (unpaired) electrons. The minimum Gasteiger partial charge on any atom is -0.333 e. The molecule has 3 heteroatoms. The van der Waals surface area contributed by atoms with Gasteiger partial charge in [-0.1, -0.05) is 13.3 Å². The van der Waals surface area contributed by atoms with Gasteiger partial charge in [0.15, 0.2) is 0 Å². The number of fused-ring (bicyclic) bond motifs is 2. The molecule has 0 saturated heterocycles. The smallest absolute Gasteiger partial charge is 0.129 e. The molecule has 3 nitrogen and oxygen atoms in total. The van der Waals surface area contributed by atoms with E-state index in [9.17, 15) is 0 Å². The van der Waals surface area contributed by atoms with Crippen LogP contribution in [0.15, 0.2) is 6.20 Å². The molecule has 0 bridgehead atoms. The predicted octanol–water partition coefficient (Wildman–Crippen LogP) is 2.21. The highest BCUT2D eigenvalue weighted by atomic mass is 15.2. The first-order valence-electron chi connectivity index (χ1n) is 6.66. The van der Waals surface area contributed by atoms with Gasteiger partial charge in [-0.2, -0.15) is 0 Å². The van der Waals surface area contributed by atoms with Crippen molar-refractivity contribution in [2.75, 3.05) is 6.54 Å². The van der Waals surface area contributed by atoms with E-state index in [0.717, 1.165) is 19.5 Å². The molecule has 88 valence electrons. The van der Waals surface area contributed by atoms with Gasteiger partial charge in [-0.25, -0.2) is 4.98 Å². The lowest BCUT2D eigenvalue weighted by molar-refractivity contribution is 0.177. The molecule has 1 fully saturated rings. The van der Waals surface area contributed by atoms with Crippen molar-refractivity contribution in [1.82, 2.24) is 14.9 Å². The van der Waals surface area contributed by atoms with Crippen LogP contribution in [0, 0.1) is 0 Å². The molecule has 0 atom stereocenters. The Morgan fingerprint density at radius 3 is 3.00 bits per heavy atom. The van der Waals surface area contributed by atoms with Crippen LogP contribution in [0.3, 0.4) is 0 Å². The fourth-order valence-corrected chi connectivity index (χ4v) is 2.99. The van der Waals surface area contributed by atoms with Crippen molar-refractivity contribution in [1.29, 1.82) is 0 Å². The quantitative estimate of drug-likeness (QED) is 0.826. The first kappa shape index (κ1) is 10.3. The van der Waals surface area contributed by atoms with Gasteiger partial charge in [-0.3, -0.25) is 0 Å². The first-order chi connectivity index (χ1) is 7.84. The van der Waals surface area contributed by atoms with Crippen molar-refractivity contribution >= 4 is 0 Å². The molecule has 1 aromatic heterocycles. The van der Waals surface area contributed by atoms with Gasteiger partial charge in [0.05, 0.1) is 11.2 Å². The summed E-state index contributed by atoms with van der Waals surface area (Å²) in [6.45, 7) is 4.51. The van der Waals surface area contributed by atoms with Gasteiger partial charge in [0.1, 0.15) is 5.82 Å². The first-order valence-corrected chi connectivity index (χ1v) is 6.66. The van der Waals surface area contributed by atoms with E-state index in [4.69, 9.17) is 4.98 Å². The number of nitrogens with zero attached hydrogens (tertiary/aromatic N) is 2. The molecule has 1 aliphatic carbocycles. The second-order valence-corrected chi connectivity index (χ2v) is 5.22. The van der Waals surface area contributed by atoms with E-state index in [0.29, 0.717) is 0 Å². The number of hydrogen-bond donors (Lipinski definition) is 1. The van der Waals surface area contributed by atoms with Gasteiger partial charge in [-0.15, -0.1) is 0 Å². The molecule has 1 aromatic rings. The summed E-state index contributed by atoms with van der Waals surface area (Å²) in [7, 11) is 0. The minimum atomic E-state index is 0.239. The van der Waals surface area contributed by atoms with Crippen LogP contribution in [0.4, 0.5) is 0 Å². The molecule has 1 saturated carbocycles. The maximum Gasteiger partial charge on any atom is 0.129 e. The summed E-state index contributed by atoms with van der Waals surface area (Å²) < 4.78 is 2.41. The van der Waals surface area contributed by atoms with Crippen LogP contribution < -0.4 is 5.32 Å². The summed E-state index contributed by atoms with van der Waals surface area (Å²) in [5, 5.41) is 3.72. The number of imidazole rings is 1. The zero-order valence-corrected chi connectivity index (χ0v) is 10.1. The molecule has 16 heavy (non-hydrogen) atoms. The fraction of sp³-hybridized carbons (Fsp3) is 0.769. The van der Waals surface area contributed by atoms with Crippen LogP contribution >= 0.6 is 0 Å². The van der Waals surface area contributed by atoms with Gasteiger partial charge < -0.3 is 9.88 Å². The van der Waals surface area contributed by atoms with Crippen LogP contribution in [0.25, 0.3) is 0 Å². The van der Waals surface area contributed by atoms with E-state index < -0.39 is 0 Å². The maximum atomic E-state index is 4.88. The van der Waals surface area contributed by atoms with Crippen LogP contribution in [0.2, 0.25) is 0 Å². The van der Waals surface area contributed by atoms with Gasteiger partial charge in [0, 0.05) is 12.7 Å². The Morgan fingerprint density at radius 2 is 2.31 bits per heavy atom. The molecule has 1 N–H and O–H groups in total. The van der Waals surface area contributed by atoms with Gasteiger partial charge in [0.25, 0.3) is 0 Å². The fourth-order valence-electron chi connectivity index (χ4n) is 2.99. The number of aromatic nitrogens is 2. The largest absolute Gasteiger partial charge is 0.333 e. The normalized spacial score (nSPS) is 22.6. The molecular formula is C13H21N3. The monoisotopic (exact) mass is 219 g/mol. The van der Waals surface area contributed by atoms with E-state index in [1.807, 2.05) is 0 Å². The summed E-state index contributed by atoms with van der Waals surface area (Å²) in [4.78, 5) is 4.88. The van der Waals surface area contributed by atoms with Gasteiger partial charge in [-0.05, 0) is 38.6 Å². The third-order valence-corrected chi connectivity index (χ3v) is 4.01. The van der Waals surface area contributed by atoms with Gasteiger partial charge in [0.2, 0.25) is 0 Å². The Labute approximate surface area is 97.3 Å². The Kier molecular flexibility index (Phi) is 2.51. The summed E-state index contributed by atoms with van der Waals surface area (Å²) in [6.07, 6.45) is 9.73. The third-order valence-electron chi connectivity index (χ3n) is 4.01. The molecule has 0 amide bonds. The topological polar surface area (TPSA) is 29.9 Å². The molecule has 3 rings (SSSR count). The molecule has 1 aliphatic heterocycles. The highest BCUT2D eigenvalue weighted by molar-refractivity contribution is 5.18. The summed E-state index contributed by atoms with van der Waals surface area (Å²) in [5.74, 6) is 1.32. The van der Waals surface area contributed by atoms with Crippen molar-refractivity contribution in [3.8, 4) is 0 Å². The van der Waals surface area contributed by atoms with Crippen molar-refractivity contribution in [2.45, 2.75) is 57.5 Å². The predicted molar refractivity (Wildman–Crippen MR) is 64.4 cm³/mol. The van der Waals surface area contributed by atoms with Crippen LogP contribution in [0.5, 0.6) is 0 Å². The van der Waals surface area contributed by atoms with E-state index in [2.05, 4.69) is 23.0 Å². The standard InChI is InChI=1S/C13H21N3/c1-2-5-11-10-16-9-4-8-14-13(6-3-7-13)12(16)15-11/h10,14H,2-9H2,1H3. The van der Waals surface area contributed by atoms with Crippen molar-refractivity contribution in [3.05, 3.63) is 17.7 Å². The van der Waals surface area contributed by atoms with E-state index in [1.165, 1.54) is 43.6 Å². The third kappa shape index (κ3) is 1.49. The summed E-state index contributed by atoms with van der Waals surface area (Å²) >= 11 is 0. The van der Waals surface area contributed by atoms with Crippen molar-refractivity contribution in [3.63, 3.8) is 0 Å². The highest BCUT2D eigenvalue weighted by Crippen LogP contribution is 2.41. The number of hydrogen-bond acceptors (Lipinski definition) is 2. The summed E-state index contributed by atoms with van der Waals surface area (Å²) in [5.41, 5.74) is 1.52. The minimum absolute atomic E-state index is 0.239. The van der Waals surface area contributed by atoms with Crippen LogP contribution in [0.1, 0.15) is 50.5 Å². The van der Waals surface area contributed by atoms with E-state index in [1.54, 1.807) is 0 Å². The van der Waals surface area contributed by atoms with E-state index >= 15 is 0 Å². The average molecular weight is 219 g/mol. The number of aryl methyl sites for hydroxylation is 2. The zero-order chi connectivity index (χ0) is 11.0. The lowest BCUT2D eigenvalue weighted by Gasteiger charge is -2.41. The van der Waals surface area contributed by atoms with Crippen molar-refractivity contribution < 1.29 is 0 Å². The van der Waals surface area contributed by atoms with Gasteiger partial charge >= 0.3 is 0 Å². The molecule has 2 aliphatic rings. The Bertz CT molecular complexity index is 377. The number of nitrogens with one attached hydrogen (secondary N) is 1. The number of rotatable bonds is 2. The molecular weight excluding hydrogens is 198 g/mol. The molecule has 1 spiro atoms. The molecule has 0 aromatic carbocycles. The Balaban J connectivity index is 1.96. The van der Waals surface area contributed by atoms with E-state index in [-0.39, 0.29) is 5.54 Å². The summed E-state index contributed by atoms with van der Waals surface area (Å²) in [6, 6.07) is 0. The lowest BCUT2D eigenvalue weighted by Crippen LogP contribution is -2.48.